The summed E-state index contributed by atoms with van der Waals surface area (Å²) in [5.74, 6) is -7.73. The lowest BCUT2D eigenvalue weighted by atomic mass is 9.99. The molecule has 0 bridgehead atoms. The first-order chi connectivity index (χ1) is 28.4. The van der Waals surface area contributed by atoms with Crippen LogP contribution in [-0.2, 0) is 44.8 Å². The van der Waals surface area contributed by atoms with Crippen LogP contribution in [-0.4, -0.2) is 136 Å². The fourth-order valence-corrected chi connectivity index (χ4v) is 6.48. The van der Waals surface area contributed by atoms with Crippen LogP contribution in [0.15, 0.2) is 30.5 Å². The van der Waals surface area contributed by atoms with Crippen molar-refractivity contribution in [2.24, 2.45) is 17.4 Å². The third kappa shape index (κ3) is 17.4. The van der Waals surface area contributed by atoms with Crippen LogP contribution < -0.4 is 48.7 Å². The van der Waals surface area contributed by atoms with E-state index >= 15 is 0 Å². The lowest BCUT2D eigenvalue weighted by molar-refractivity contribution is -0.141. The number of carboxylic acid groups (broad SMARTS) is 2. The molecule has 1 heterocycles. The second-order valence-corrected chi connectivity index (χ2v) is 15.5. The topological polar surface area (TPSA) is 353 Å². The molecule has 0 aliphatic heterocycles. The van der Waals surface area contributed by atoms with Gasteiger partial charge in [-0.2, -0.15) is 24.4 Å². The number of nitrogens with two attached hydrogens (primary N) is 2. The molecule has 1 aromatic carbocycles. The SMILES string of the molecule is CSCC[C@H](NC(=O)[C@@H](N)CCC(=O)O)C(=O)NCC(=O)N[C@@H](Cc1c[nH]c2ccccc12)C(=O)N[C@H](C(=O)N[C@@H](CCCNC(=N)N)C(=O)N[C@@H](CS)C(=O)O)C(C)C. The molecule has 23 heteroatoms. The molecule has 6 atom stereocenters. The molecule has 1 aromatic heterocycles. The molecule has 0 radical (unpaired) electrons. The number of carbonyl (C=O) groups is 8. The average molecular weight is 880 g/mol. The Morgan fingerprint density at radius 3 is 2.07 bits per heavy atom. The number of para-hydroxylation sites is 1. The van der Waals surface area contributed by atoms with E-state index in [4.69, 9.17) is 22.0 Å². The molecule has 0 saturated carbocycles. The first-order valence-corrected chi connectivity index (χ1v) is 21.1. The van der Waals surface area contributed by atoms with Gasteiger partial charge in [0.05, 0.1) is 12.6 Å². The minimum absolute atomic E-state index is 0.000161. The first-order valence-electron chi connectivity index (χ1n) is 19.1. The highest BCUT2D eigenvalue weighted by Gasteiger charge is 2.33. The Kier molecular flexibility index (Phi) is 21.8. The van der Waals surface area contributed by atoms with E-state index in [9.17, 15) is 43.5 Å². The maximum atomic E-state index is 14.1. The van der Waals surface area contributed by atoms with Gasteiger partial charge in [0.1, 0.15) is 30.2 Å². The number of amides is 6. The van der Waals surface area contributed by atoms with E-state index in [2.05, 4.69) is 54.8 Å². The van der Waals surface area contributed by atoms with Gasteiger partial charge in [-0.25, -0.2) is 4.79 Å². The Labute approximate surface area is 356 Å². The summed E-state index contributed by atoms with van der Waals surface area (Å²) in [4.78, 5) is 106. The number of carbonyl (C=O) groups excluding carboxylic acids is 6. The largest absolute Gasteiger partial charge is 0.481 e. The van der Waals surface area contributed by atoms with Gasteiger partial charge < -0.3 is 63.9 Å². The summed E-state index contributed by atoms with van der Waals surface area (Å²) in [6, 6.07) is -0.213. The minimum atomic E-state index is -1.36. The van der Waals surface area contributed by atoms with Gasteiger partial charge in [-0.3, -0.25) is 39.0 Å². The molecule has 21 nitrogen and oxygen atoms in total. The lowest BCUT2D eigenvalue weighted by Crippen LogP contribution is -2.60. The molecule has 60 heavy (non-hydrogen) atoms. The maximum absolute atomic E-state index is 14.1. The van der Waals surface area contributed by atoms with Crippen LogP contribution in [0.2, 0.25) is 0 Å². The van der Waals surface area contributed by atoms with E-state index in [-0.39, 0.29) is 56.8 Å². The third-order valence-electron chi connectivity index (χ3n) is 9.09. The molecule has 332 valence electrons. The third-order valence-corrected chi connectivity index (χ3v) is 10.1. The van der Waals surface area contributed by atoms with Crippen LogP contribution in [0.3, 0.4) is 0 Å². The second-order valence-electron chi connectivity index (χ2n) is 14.1. The Balaban J connectivity index is 2.30. The van der Waals surface area contributed by atoms with E-state index in [1.165, 1.54) is 11.8 Å². The zero-order valence-corrected chi connectivity index (χ0v) is 35.4. The fourth-order valence-electron chi connectivity index (χ4n) is 5.77. The van der Waals surface area contributed by atoms with Crippen molar-refractivity contribution in [1.29, 1.82) is 5.41 Å². The van der Waals surface area contributed by atoms with Crippen LogP contribution >= 0.6 is 24.4 Å². The summed E-state index contributed by atoms with van der Waals surface area (Å²) in [6.45, 7) is 2.84. The van der Waals surface area contributed by atoms with Crippen molar-refractivity contribution in [2.75, 3.05) is 30.9 Å². The molecule has 2 rings (SSSR count). The Morgan fingerprint density at radius 1 is 0.817 bits per heavy atom. The van der Waals surface area contributed by atoms with Crippen molar-refractivity contribution >= 4 is 88.6 Å². The van der Waals surface area contributed by atoms with E-state index in [1.807, 2.05) is 18.2 Å². The van der Waals surface area contributed by atoms with Crippen LogP contribution in [0.1, 0.15) is 51.5 Å². The minimum Gasteiger partial charge on any atom is -0.481 e. The van der Waals surface area contributed by atoms with Gasteiger partial charge in [0.15, 0.2) is 5.96 Å². The first kappa shape index (κ1) is 50.6. The van der Waals surface area contributed by atoms with E-state index in [0.717, 1.165) is 10.9 Å². The number of H-pyrrole nitrogens is 1. The number of nitrogens with one attached hydrogen (secondary N) is 9. The highest BCUT2D eigenvalue weighted by Crippen LogP contribution is 2.19. The summed E-state index contributed by atoms with van der Waals surface area (Å²) in [7, 11) is 0. The highest BCUT2D eigenvalue weighted by molar-refractivity contribution is 7.98. The monoisotopic (exact) mass is 879 g/mol. The van der Waals surface area contributed by atoms with Crippen molar-refractivity contribution in [2.45, 2.75) is 88.6 Å². The van der Waals surface area contributed by atoms with Crippen LogP contribution in [0.5, 0.6) is 0 Å². The van der Waals surface area contributed by atoms with Gasteiger partial charge in [-0.05, 0) is 55.2 Å². The van der Waals surface area contributed by atoms with Crippen LogP contribution in [0.25, 0.3) is 10.9 Å². The molecule has 15 N–H and O–H groups in total. The Bertz CT molecular complexity index is 1830. The number of aliphatic carboxylic acids is 2. The molecule has 0 saturated heterocycles. The molecule has 6 amide bonds. The molecule has 0 spiro atoms. The van der Waals surface area contributed by atoms with Gasteiger partial charge in [0, 0.05) is 42.2 Å². The van der Waals surface area contributed by atoms with Crippen molar-refractivity contribution in [3.8, 4) is 0 Å². The van der Waals surface area contributed by atoms with Crippen LogP contribution in [0.4, 0.5) is 0 Å². The van der Waals surface area contributed by atoms with E-state index in [0.29, 0.717) is 11.3 Å². The maximum Gasteiger partial charge on any atom is 0.327 e. The summed E-state index contributed by atoms with van der Waals surface area (Å²) in [5, 5.41) is 44.3. The smallest absolute Gasteiger partial charge is 0.327 e. The number of thiol groups is 1. The number of rotatable bonds is 27. The molecule has 0 aliphatic rings. The predicted octanol–water partition coefficient (Wildman–Crippen LogP) is -1.87. The highest BCUT2D eigenvalue weighted by atomic mass is 32.2. The number of hydrogen-bond donors (Lipinski definition) is 14. The second kappa shape index (κ2) is 25.8. The summed E-state index contributed by atoms with van der Waals surface area (Å²) in [5.41, 5.74) is 12.6. The van der Waals surface area contributed by atoms with Gasteiger partial charge in [0.2, 0.25) is 35.4 Å². The van der Waals surface area contributed by atoms with E-state index < -0.39 is 96.1 Å². The molecular weight excluding hydrogens is 823 g/mol. The van der Waals surface area contributed by atoms with Gasteiger partial charge >= 0.3 is 11.9 Å². The standard InChI is InChI=1S/C37H57N11O10S2/c1-19(2)30(35(56)46-24(9-6-13-41-37(39)40)33(54)47-27(18-59)36(57)58)48-34(55)26(15-20-16-42-23-8-5-4-7-21(20)23)44-28(49)17-43-32(53)25(12-14-60-3)45-31(52)22(38)10-11-29(50)51/h4-5,7-8,16,19,22,24-27,30,42,59H,6,9-15,17-18,38H2,1-3H3,(H,43,53)(H,44,49)(H,45,52)(H,46,56)(H,47,54)(H,48,55)(H,50,51)(H,57,58)(H4,39,40,41)/t22-,24-,25-,26-,27-,30-/m0/s1. The number of carboxylic acids is 2. The summed E-state index contributed by atoms with van der Waals surface area (Å²) >= 11 is 5.38. The number of benzene rings is 1. The predicted molar refractivity (Wildman–Crippen MR) is 228 cm³/mol. The number of aromatic amines is 1. The van der Waals surface area contributed by atoms with Crippen molar-refractivity contribution in [3.63, 3.8) is 0 Å². The fraction of sp³-hybridized carbons (Fsp3) is 0.541. The molecular formula is C37H57N11O10S2. The van der Waals surface area contributed by atoms with Gasteiger partial charge in [0.25, 0.3) is 0 Å². The molecule has 0 fully saturated rings. The van der Waals surface area contributed by atoms with Gasteiger partial charge in [-0.15, -0.1) is 0 Å². The van der Waals surface area contributed by atoms with Crippen molar-refractivity contribution < 1.29 is 48.6 Å². The van der Waals surface area contributed by atoms with Crippen molar-refractivity contribution in [1.82, 2.24) is 42.2 Å². The Hall–Kier alpha value is -5.55. The van der Waals surface area contributed by atoms with Gasteiger partial charge in [-0.1, -0.05) is 32.0 Å². The average Bonchev–Trinajstić information content (AvgIpc) is 3.61. The zero-order chi connectivity index (χ0) is 44.9. The van der Waals surface area contributed by atoms with Crippen LogP contribution in [0, 0.1) is 11.3 Å². The van der Waals surface area contributed by atoms with Crippen molar-refractivity contribution in [3.05, 3.63) is 36.0 Å². The normalized spacial score (nSPS) is 14.0. The Morgan fingerprint density at radius 2 is 1.45 bits per heavy atom. The number of aromatic nitrogens is 1. The number of guanidine groups is 1. The number of fused-ring (bicyclic) bond motifs is 1. The molecule has 0 unspecified atom stereocenters. The number of hydrogen-bond acceptors (Lipinski definition) is 12. The molecule has 2 aromatic rings. The van der Waals surface area contributed by atoms with E-state index in [1.54, 1.807) is 32.4 Å². The lowest BCUT2D eigenvalue weighted by Gasteiger charge is -2.28. The number of thioether (sulfide) groups is 1. The molecule has 0 aliphatic carbocycles. The zero-order valence-electron chi connectivity index (χ0n) is 33.7. The summed E-state index contributed by atoms with van der Waals surface area (Å²) in [6.07, 6.45) is 3.30. The summed E-state index contributed by atoms with van der Waals surface area (Å²) < 4.78 is 0. The quantitative estimate of drug-likeness (QED) is 0.0202.